The Bertz CT molecular complexity index is 1440. The summed E-state index contributed by atoms with van der Waals surface area (Å²) in [5.74, 6) is -0.487. The summed E-state index contributed by atoms with van der Waals surface area (Å²) >= 11 is 0. The third kappa shape index (κ3) is 4.90. The van der Waals surface area contributed by atoms with Crippen LogP contribution in [0.5, 0.6) is 0 Å². The highest BCUT2D eigenvalue weighted by Gasteiger charge is 2.28. The molecule has 0 aliphatic heterocycles. The van der Waals surface area contributed by atoms with Gasteiger partial charge in [-0.15, -0.1) is 0 Å². The summed E-state index contributed by atoms with van der Waals surface area (Å²) in [7, 11) is 0. The number of carbonyl (C=O) groups excluding carboxylic acids is 1. The SMILES string of the molecule is CCOC(=O)C(N=C(c1ccccc1)c1ccccc1)c1ncnc2c1ncn2Cc1ccccc1. The van der Waals surface area contributed by atoms with E-state index in [9.17, 15) is 4.79 Å². The molecule has 0 radical (unpaired) electrons. The van der Waals surface area contributed by atoms with Crippen molar-refractivity contribution in [1.82, 2.24) is 19.5 Å². The number of rotatable bonds is 8. The fourth-order valence-corrected chi connectivity index (χ4v) is 4.08. The number of fused-ring (bicyclic) bond motifs is 1. The Balaban J connectivity index is 1.64. The Kier molecular flexibility index (Phi) is 6.89. The van der Waals surface area contributed by atoms with Crippen molar-refractivity contribution in [2.75, 3.05) is 6.61 Å². The minimum Gasteiger partial charge on any atom is -0.464 e. The third-order valence-corrected chi connectivity index (χ3v) is 5.75. The van der Waals surface area contributed by atoms with Crippen molar-refractivity contribution in [3.63, 3.8) is 0 Å². The summed E-state index contributed by atoms with van der Waals surface area (Å²) in [6.07, 6.45) is 3.17. The number of carbonyl (C=O) groups is 1. The summed E-state index contributed by atoms with van der Waals surface area (Å²) in [6.45, 7) is 2.60. The summed E-state index contributed by atoms with van der Waals surface area (Å²) in [5, 5.41) is 0. The molecule has 1 atom stereocenters. The molecule has 0 aliphatic rings. The van der Waals surface area contributed by atoms with E-state index < -0.39 is 12.0 Å². The summed E-state index contributed by atoms with van der Waals surface area (Å²) in [5.41, 5.74) is 5.13. The van der Waals surface area contributed by atoms with Gasteiger partial charge in [-0.3, -0.25) is 4.99 Å². The van der Waals surface area contributed by atoms with Crippen LogP contribution in [0.1, 0.15) is 35.3 Å². The quantitative estimate of drug-likeness (QED) is 0.233. The molecule has 0 saturated heterocycles. The van der Waals surface area contributed by atoms with Gasteiger partial charge in [-0.2, -0.15) is 0 Å². The van der Waals surface area contributed by atoms with Gasteiger partial charge in [0, 0.05) is 11.1 Å². The van der Waals surface area contributed by atoms with E-state index in [0.717, 1.165) is 16.7 Å². The minimum absolute atomic E-state index is 0.230. The van der Waals surface area contributed by atoms with Crippen LogP contribution in [0.25, 0.3) is 11.2 Å². The fraction of sp³-hybridized carbons (Fsp3) is 0.138. The van der Waals surface area contributed by atoms with Gasteiger partial charge < -0.3 is 9.30 Å². The van der Waals surface area contributed by atoms with Gasteiger partial charge in [0.05, 0.1) is 25.2 Å². The number of aromatic nitrogens is 4. The Hall–Kier alpha value is -4.65. The van der Waals surface area contributed by atoms with Crippen molar-refractivity contribution in [2.45, 2.75) is 19.5 Å². The van der Waals surface area contributed by atoms with Crippen LogP contribution in [-0.2, 0) is 16.1 Å². The topological polar surface area (TPSA) is 82.3 Å². The fourth-order valence-electron chi connectivity index (χ4n) is 4.08. The number of nitrogens with zero attached hydrogens (tertiary/aromatic N) is 5. The van der Waals surface area contributed by atoms with E-state index in [0.29, 0.717) is 29.1 Å². The first-order valence-corrected chi connectivity index (χ1v) is 11.8. The van der Waals surface area contributed by atoms with Crippen molar-refractivity contribution >= 4 is 22.8 Å². The lowest BCUT2D eigenvalue weighted by Gasteiger charge is -2.15. The standard InChI is InChI=1S/C29H25N5O2/c1-2-36-29(35)27(33-24(22-14-8-4-9-15-22)23-16-10-5-11-17-23)25-26-28(31-19-30-25)34(20-32-26)18-21-12-6-3-7-13-21/h3-17,19-20,27H,2,18H2,1H3. The Morgan fingerprint density at radius 2 is 1.47 bits per heavy atom. The van der Waals surface area contributed by atoms with E-state index in [1.54, 1.807) is 13.3 Å². The van der Waals surface area contributed by atoms with Gasteiger partial charge in [0.2, 0.25) is 0 Å². The highest BCUT2D eigenvalue weighted by Crippen LogP contribution is 2.26. The monoisotopic (exact) mass is 475 g/mol. The second kappa shape index (κ2) is 10.7. The number of hydrogen-bond donors (Lipinski definition) is 0. The minimum atomic E-state index is -1.01. The number of imidazole rings is 1. The Labute approximate surface area is 209 Å². The number of benzene rings is 3. The molecule has 0 fully saturated rings. The molecule has 178 valence electrons. The molecule has 3 aromatic carbocycles. The largest absolute Gasteiger partial charge is 0.464 e. The zero-order valence-electron chi connectivity index (χ0n) is 19.9. The zero-order chi connectivity index (χ0) is 24.7. The highest BCUT2D eigenvalue weighted by atomic mass is 16.5. The Morgan fingerprint density at radius 1 is 0.861 bits per heavy atom. The first-order chi connectivity index (χ1) is 17.7. The zero-order valence-corrected chi connectivity index (χ0v) is 19.9. The smallest absolute Gasteiger partial charge is 0.337 e. The van der Waals surface area contributed by atoms with Gasteiger partial charge in [-0.1, -0.05) is 91.0 Å². The van der Waals surface area contributed by atoms with Crippen LogP contribution in [0.4, 0.5) is 0 Å². The molecule has 0 saturated carbocycles. The van der Waals surface area contributed by atoms with Crippen LogP contribution in [0.2, 0.25) is 0 Å². The number of aliphatic imine (C=N–C) groups is 1. The number of esters is 1. The van der Waals surface area contributed by atoms with Crippen LogP contribution in [0, 0.1) is 0 Å². The van der Waals surface area contributed by atoms with E-state index >= 15 is 0 Å². The summed E-state index contributed by atoms with van der Waals surface area (Å²) in [4.78, 5) is 31.7. The van der Waals surface area contributed by atoms with Gasteiger partial charge in [0.15, 0.2) is 11.7 Å². The van der Waals surface area contributed by atoms with Gasteiger partial charge in [-0.05, 0) is 12.5 Å². The first-order valence-electron chi connectivity index (χ1n) is 11.8. The maximum absolute atomic E-state index is 13.3. The molecule has 5 aromatic rings. The highest BCUT2D eigenvalue weighted by molar-refractivity contribution is 6.13. The van der Waals surface area contributed by atoms with E-state index in [1.807, 2.05) is 95.6 Å². The first kappa shape index (κ1) is 23.1. The summed E-state index contributed by atoms with van der Waals surface area (Å²) < 4.78 is 7.38. The van der Waals surface area contributed by atoms with E-state index in [4.69, 9.17) is 9.73 Å². The molecule has 1 unspecified atom stereocenters. The van der Waals surface area contributed by atoms with Crippen molar-refractivity contribution < 1.29 is 9.53 Å². The molecule has 7 heteroatoms. The number of hydrogen-bond acceptors (Lipinski definition) is 6. The maximum atomic E-state index is 13.3. The van der Waals surface area contributed by atoms with Crippen LogP contribution in [0.3, 0.4) is 0 Å². The van der Waals surface area contributed by atoms with Crippen molar-refractivity contribution in [1.29, 1.82) is 0 Å². The third-order valence-electron chi connectivity index (χ3n) is 5.75. The average molecular weight is 476 g/mol. The summed E-state index contributed by atoms with van der Waals surface area (Å²) in [6, 6.07) is 28.6. The van der Waals surface area contributed by atoms with Gasteiger partial charge >= 0.3 is 5.97 Å². The molecule has 2 aromatic heterocycles. The van der Waals surface area contributed by atoms with Crippen molar-refractivity contribution in [3.8, 4) is 0 Å². The predicted octanol–water partition coefficient (Wildman–Crippen LogP) is 5.02. The molecule has 0 bridgehead atoms. The second-order valence-corrected chi connectivity index (χ2v) is 8.15. The normalized spacial score (nSPS) is 11.7. The second-order valence-electron chi connectivity index (χ2n) is 8.15. The molecular formula is C29H25N5O2. The molecular weight excluding hydrogens is 450 g/mol. The molecule has 36 heavy (non-hydrogen) atoms. The van der Waals surface area contributed by atoms with Crippen LogP contribution < -0.4 is 0 Å². The van der Waals surface area contributed by atoms with E-state index in [-0.39, 0.29) is 6.61 Å². The van der Waals surface area contributed by atoms with Crippen LogP contribution in [-0.4, -0.2) is 37.8 Å². The maximum Gasteiger partial charge on any atom is 0.337 e. The Morgan fingerprint density at radius 3 is 2.08 bits per heavy atom. The average Bonchev–Trinajstić information content (AvgIpc) is 3.34. The lowest BCUT2D eigenvalue weighted by atomic mass is 10.0. The van der Waals surface area contributed by atoms with Gasteiger partial charge in [0.25, 0.3) is 0 Å². The molecule has 0 aliphatic carbocycles. The molecule has 5 rings (SSSR count). The number of ether oxygens (including phenoxy) is 1. The molecule has 0 N–H and O–H groups in total. The van der Waals surface area contributed by atoms with E-state index in [2.05, 4.69) is 15.0 Å². The van der Waals surface area contributed by atoms with E-state index in [1.165, 1.54) is 6.33 Å². The van der Waals surface area contributed by atoms with Crippen LogP contribution in [0.15, 0.2) is 109 Å². The van der Waals surface area contributed by atoms with Crippen LogP contribution >= 0.6 is 0 Å². The molecule has 2 heterocycles. The van der Waals surface area contributed by atoms with Crippen molar-refractivity contribution in [2.24, 2.45) is 4.99 Å². The lowest BCUT2D eigenvalue weighted by Crippen LogP contribution is -2.19. The van der Waals surface area contributed by atoms with Gasteiger partial charge in [-0.25, -0.2) is 19.7 Å². The molecule has 0 spiro atoms. The lowest BCUT2D eigenvalue weighted by molar-refractivity contribution is -0.144. The molecule has 7 nitrogen and oxygen atoms in total. The van der Waals surface area contributed by atoms with Crippen molar-refractivity contribution in [3.05, 3.63) is 126 Å². The molecule has 0 amide bonds. The predicted molar refractivity (Wildman–Crippen MR) is 139 cm³/mol. The van der Waals surface area contributed by atoms with Gasteiger partial charge in [0.1, 0.15) is 17.5 Å².